The number of nitrogens with one attached hydrogen (secondary N) is 1. The molecule has 1 fully saturated rings. The third-order valence-electron chi connectivity index (χ3n) is 4.39. The van der Waals surface area contributed by atoms with Crippen molar-refractivity contribution < 1.29 is 26.3 Å². The summed E-state index contributed by atoms with van der Waals surface area (Å²) in [7, 11) is 0. The number of hydrogen-bond donors (Lipinski definition) is 2. The van der Waals surface area contributed by atoms with Gasteiger partial charge in [0.1, 0.15) is 11.3 Å². The van der Waals surface area contributed by atoms with Crippen molar-refractivity contribution in [2.75, 3.05) is 0 Å². The number of fused-ring (bicyclic) bond motifs is 1. The van der Waals surface area contributed by atoms with Gasteiger partial charge in [-0.1, -0.05) is 12.8 Å². The minimum absolute atomic E-state index is 0.0980. The van der Waals surface area contributed by atoms with E-state index in [0.717, 1.165) is 12.8 Å². The Kier molecular flexibility index (Phi) is 3.82. The molecule has 3 N–H and O–H groups in total. The highest BCUT2D eigenvalue weighted by molar-refractivity contribution is 5.80. The van der Waals surface area contributed by atoms with E-state index in [4.69, 9.17) is 5.73 Å². The molecule has 0 amide bonds. The zero-order valence-electron chi connectivity index (χ0n) is 12.5. The quantitative estimate of drug-likeness (QED) is 0.787. The van der Waals surface area contributed by atoms with E-state index in [-0.39, 0.29) is 23.8 Å². The minimum Gasteiger partial charge on any atom is -0.342 e. The predicted molar refractivity (Wildman–Crippen MR) is 75.2 cm³/mol. The summed E-state index contributed by atoms with van der Waals surface area (Å²) in [4.78, 5) is 6.47. The Hall–Kier alpha value is -1.77. The van der Waals surface area contributed by atoms with Crippen LogP contribution in [0.1, 0.15) is 42.6 Å². The fraction of sp³-hybridized carbons (Fsp3) is 0.533. The fourth-order valence-corrected chi connectivity index (χ4v) is 3.22. The van der Waals surface area contributed by atoms with Crippen LogP contribution in [0.2, 0.25) is 0 Å². The highest BCUT2D eigenvalue weighted by atomic mass is 19.4. The lowest BCUT2D eigenvalue weighted by Crippen LogP contribution is -2.39. The maximum Gasteiger partial charge on any atom is 0.418 e. The number of rotatable bonds is 2. The number of nitrogens with zero attached hydrogens (tertiary/aromatic N) is 1. The molecule has 0 bridgehead atoms. The molecule has 0 atom stereocenters. The number of nitrogens with two attached hydrogens (primary N) is 1. The van der Waals surface area contributed by atoms with Gasteiger partial charge in [-0.2, -0.15) is 26.3 Å². The second kappa shape index (κ2) is 5.37. The highest BCUT2D eigenvalue weighted by Gasteiger charge is 2.39. The first-order valence-electron chi connectivity index (χ1n) is 7.44. The van der Waals surface area contributed by atoms with Gasteiger partial charge in [0, 0.05) is 12.0 Å². The minimum atomic E-state index is -4.93. The predicted octanol–water partition coefficient (Wildman–Crippen LogP) is 4.41. The normalized spacial score (nSPS) is 18.5. The van der Waals surface area contributed by atoms with Gasteiger partial charge in [-0.3, -0.25) is 0 Å². The van der Waals surface area contributed by atoms with Crippen LogP contribution in [0, 0.1) is 0 Å². The zero-order chi connectivity index (χ0) is 17.8. The molecule has 2 aromatic rings. The molecule has 0 unspecified atom stereocenters. The van der Waals surface area contributed by atoms with Crippen LogP contribution in [0.5, 0.6) is 0 Å². The van der Waals surface area contributed by atoms with Crippen molar-refractivity contribution in [1.82, 2.24) is 9.97 Å². The van der Waals surface area contributed by atoms with Crippen molar-refractivity contribution >= 4 is 11.0 Å². The molecule has 0 spiro atoms. The van der Waals surface area contributed by atoms with Gasteiger partial charge in [-0.25, -0.2) is 4.98 Å². The van der Waals surface area contributed by atoms with Gasteiger partial charge in [-0.05, 0) is 25.0 Å². The Morgan fingerprint density at radius 3 is 2.21 bits per heavy atom. The Bertz CT molecular complexity index is 753. The van der Waals surface area contributed by atoms with E-state index in [0.29, 0.717) is 18.9 Å². The van der Waals surface area contributed by atoms with E-state index in [9.17, 15) is 26.3 Å². The molecule has 0 radical (unpaired) electrons. The standard InChI is InChI=1S/C15H15F6N3/c16-14(17,18)8-5-9(15(19,20)21)12-10(6-8)23-11(24-12)7-13(22)3-1-2-4-13/h5-6H,1-4,7,22H2,(H,23,24). The molecule has 9 heteroatoms. The van der Waals surface area contributed by atoms with Crippen molar-refractivity contribution in [2.24, 2.45) is 5.73 Å². The summed E-state index contributed by atoms with van der Waals surface area (Å²) in [5.74, 6) is 0.180. The number of aromatic amines is 1. The molecular weight excluding hydrogens is 336 g/mol. The first-order valence-corrected chi connectivity index (χ1v) is 7.44. The van der Waals surface area contributed by atoms with Crippen LogP contribution in [0.15, 0.2) is 12.1 Å². The Morgan fingerprint density at radius 2 is 1.67 bits per heavy atom. The van der Waals surface area contributed by atoms with Gasteiger partial charge in [0.05, 0.1) is 16.6 Å². The lowest BCUT2D eigenvalue weighted by molar-refractivity contribution is -0.142. The first-order chi connectivity index (χ1) is 11.0. The van der Waals surface area contributed by atoms with Gasteiger partial charge in [-0.15, -0.1) is 0 Å². The number of imidazole rings is 1. The summed E-state index contributed by atoms with van der Waals surface area (Å²) in [6.07, 6.45) is -6.33. The summed E-state index contributed by atoms with van der Waals surface area (Å²) < 4.78 is 78.0. The first kappa shape index (κ1) is 17.1. The Balaban J connectivity index is 2.10. The maximum absolute atomic E-state index is 13.1. The molecular formula is C15H15F6N3. The largest absolute Gasteiger partial charge is 0.418 e. The third-order valence-corrected chi connectivity index (χ3v) is 4.39. The molecule has 1 aliphatic carbocycles. The van der Waals surface area contributed by atoms with Crippen LogP contribution in [0.3, 0.4) is 0 Å². The SMILES string of the molecule is NC1(Cc2nc3c(C(F)(F)F)cc(C(F)(F)F)cc3[nH]2)CCCC1. The summed E-state index contributed by atoms with van der Waals surface area (Å²) in [6, 6.07) is 0.750. The van der Waals surface area contributed by atoms with E-state index >= 15 is 0 Å². The number of hydrogen-bond acceptors (Lipinski definition) is 2. The number of alkyl halides is 6. The van der Waals surface area contributed by atoms with Crippen molar-refractivity contribution in [1.29, 1.82) is 0 Å². The third kappa shape index (κ3) is 3.22. The smallest absolute Gasteiger partial charge is 0.342 e. The van der Waals surface area contributed by atoms with Gasteiger partial charge in [0.25, 0.3) is 0 Å². The second-order valence-electron chi connectivity index (χ2n) is 6.35. The van der Waals surface area contributed by atoms with Gasteiger partial charge < -0.3 is 10.7 Å². The highest BCUT2D eigenvalue weighted by Crippen LogP contribution is 2.39. The molecule has 24 heavy (non-hydrogen) atoms. The number of benzene rings is 1. The lowest BCUT2D eigenvalue weighted by atomic mass is 9.94. The Morgan fingerprint density at radius 1 is 1.04 bits per heavy atom. The Labute approximate surface area is 133 Å². The number of halogens is 6. The van der Waals surface area contributed by atoms with Crippen LogP contribution in [-0.4, -0.2) is 15.5 Å². The van der Waals surface area contributed by atoms with Crippen molar-refractivity contribution in [3.63, 3.8) is 0 Å². The molecule has 132 valence electrons. The van der Waals surface area contributed by atoms with Gasteiger partial charge in [0.2, 0.25) is 0 Å². The van der Waals surface area contributed by atoms with E-state index in [1.54, 1.807) is 0 Å². The summed E-state index contributed by atoms with van der Waals surface area (Å²) in [6.45, 7) is 0. The molecule has 3 rings (SSSR count). The topological polar surface area (TPSA) is 54.7 Å². The second-order valence-corrected chi connectivity index (χ2v) is 6.35. The van der Waals surface area contributed by atoms with Crippen LogP contribution in [0.25, 0.3) is 11.0 Å². The zero-order valence-corrected chi connectivity index (χ0v) is 12.5. The summed E-state index contributed by atoms with van der Waals surface area (Å²) in [5, 5.41) is 0. The maximum atomic E-state index is 13.1. The molecule has 0 aliphatic heterocycles. The van der Waals surface area contributed by atoms with E-state index < -0.39 is 34.5 Å². The van der Waals surface area contributed by atoms with E-state index in [2.05, 4.69) is 9.97 Å². The fourth-order valence-electron chi connectivity index (χ4n) is 3.22. The molecule has 0 saturated heterocycles. The van der Waals surface area contributed by atoms with Gasteiger partial charge in [0.15, 0.2) is 0 Å². The van der Waals surface area contributed by atoms with Crippen LogP contribution < -0.4 is 5.73 Å². The van der Waals surface area contributed by atoms with Crippen molar-refractivity contribution in [3.05, 3.63) is 29.1 Å². The van der Waals surface area contributed by atoms with E-state index in [1.165, 1.54) is 0 Å². The van der Waals surface area contributed by atoms with Crippen LogP contribution in [-0.2, 0) is 18.8 Å². The molecule has 1 aliphatic rings. The molecule has 1 aromatic carbocycles. The molecule has 1 saturated carbocycles. The lowest BCUT2D eigenvalue weighted by Gasteiger charge is -2.21. The molecule has 1 heterocycles. The van der Waals surface area contributed by atoms with Crippen molar-refractivity contribution in [3.8, 4) is 0 Å². The average molecular weight is 351 g/mol. The number of H-pyrrole nitrogens is 1. The van der Waals surface area contributed by atoms with Gasteiger partial charge >= 0.3 is 12.4 Å². The van der Waals surface area contributed by atoms with Crippen LogP contribution >= 0.6 is 0 Å². The monoisotopic (exact) mass is 351 g/mol. The average Bonchev–Trinajstić information content (AvgIpc) is 3.01. The van der Waals surface area contributed by atoms with Crippen LogP contribution in [0.4, 0.5) is 26.3 Å². The number of aromatic nitrogens is 2. The molecule has 1 aromatic heterocycles. The molecule has 3 nitrogen and oxygen atoms in total. The summed E-state index contributed by atoms with van der Waals surface area (Å²) >= 11 is 0. The van der Waals surface area contributed by atoms with E-state index in [1.807, 2.05) is 0 Å². The summed E-state index contributed by atoms with van der Waals surface area (Å²) in [5.41, 5.74) is 2.06. The van der Waals surface area contributed by atoms with Crippen molar-refractivity contribution in [2.45, 2.75) is 50.0 Å².